The second-order valence-corrected chi connectivity index (χ2v) is 5.29. The van der Waals surface area contributed by atoms with Crippen LogP contribution in [0.2, 0.25) is 0 Å². The van der Waals surface area contributed by atoms with Gasteiger partial charge in [0.2, 0.25) is 0 Å². The van der Waals surface area contributed by atoms with Gasteiger partial charge in [-0.15, -0.1) is 0 Å². The molecule has 0 saturated carbocycles. The summed E-state index contributed by atoms with van der Waals surface area (Å²) >= 11 is 0. The summed E-state index contributed by atoms with van der Waals surface area (Å²) in [6.07, 6.45) is 0.805. The van der Waals surface area contributed by atoms with Crippen LogP contribution in [0.4, 0.5) is 4.39 Å². The molecule has 2 N–H and O–H groups in total. The Hall–Kier alpha value is -1.87. The molecule has 2 nitrogen and oxygen atoms in total. The molecule has 0 amide bonds. The molecule has 0 bridgehead atoms. The van der Waals surface area contributed by atoms with Crippen LogP contribution >= 0.6 is 0 Å². The second kappa shape index (κ2) is 6.06. The molecule has 1 atom stereocenters. The van der Waals surface area contributed by atoms with Crippen LogP contribution in [0.25, 0.3) is 0 Å². The lowest BCUT2D eigenvalue weighted by Gasteiger charge is -2.13. The van der Waals surface area contributed by atoms with Gasteiger partial charge >= 0.3 is 0 Å². The maximum Gasteiger partial charge on any atom is 0.130 e. The van der Waals surface area contributed by atoms with Crippen molar-refractivity contribution in [1.82, 2.24) is 0 Å². The van der Waals surface area contributed by atoms with Crippen molar-refractivity contribution < 1.29 is 9.13 Å². The van der Waals surface area contributed by atoms with Crippen LogP contribution in [0, 0.1) is 19.7 Å². The number of benzene rings is 2. The van der Waals surface area contributed by atoms with E-state index in [2.05, 4.69) is 6.07 Å². The quantitative estimate of drug-likeness (QED) is 0.909. The molecule has 0 aliphatic heterocycles. The van der Waals surface area contributed by atoms with Crippen LogP contribution in [0.5, 0.6) is 11.5 Å². The molecule has 20 heavy (non-hydrogen) atoms. The zero-order valence-electron chi connectivity index (χ0n) is 12.1. The van der Waals surface area contributed by atoms with Crippen molar-refractivity contribution >= 4 is 0 Å². The fraction of sp³-hybridized carbons (Fsp3) is 0.294. The summed E-state index contributed by atoms with van der Waals surface area (Å²) in [6, 6.07) is 10.7. The van der Waals surface area contributed by atoms with Crippen molar-refractivity contribution in [2.24, 2.45) is 5.73 Å². The number of nitrogens with two attached hydrogens (primary N) is 1. The Labute approximate surface area is 119 Å². The topological polar surface area (TPSA) is 35.2 Å². The zero-order chi connectivity index (χ0) is 14.7. The molecule has 0 fully saturated rings. The predicted octanol–water partition coefficient (Wildman–Crippen LogP) is 4.12. The number of hydrogen-bond donors (Lipinski definition) is 1. The van der Waals surface area contributed by atoms with Gasteiger partial charge in [0.15, 0.2) is 0 Å². The molecule has 2 rings (SSSR count). The minimum atomic E-state index is -0.253. The highest BCUT2D eigenvalue weighted by atomic mass is 19.1. The molecule has 0 radical (unpaired) electrons. The Morgan fingerprint density at radius 1 is 1.05 bits per heavy atom. The summed E-state index contributed by atoms with van der Waals surface area (Å²) in [6.45, 7) is 5.80. The summed E-state index contributed by atoms with van der Waals surface area (Å²) in [7, 11) is 0. The van der Waals surface area contributed by atoms with Crippen LogP contribution in [0.3, 0.4) is 0 Å². The second-order valence-electron chi connectivity index (χ2n) is 5.29. The SMILES string of the molecule is Cc1cc(F)ccc1Oc1cc(CC(C)N)ccc1C. The van der Waals surface area contributed by atoms with Gasteiger partial charge in [0, 0.05) is 6.04 Å². The first-order valence-electron chi connectivity index (χ1n) is 6.75. The molecule has 0 heterocycles. The van der Waals surface area contributed by atoms with E-state index in [1.165, 1.54) is 12.1 Å². The van der Waals surface area contributed by atoms with Crippen molar-refractivity contribution in [3.05, 3.63) is 58.9 Å². The first-order chi connectivity index (χ1) is 9.45. The summed E-state index contributed by atoms with van der Waals surface area (Å²) in [5.41, 5.74) is 8.79. The Bertz CT molecular complexity index is 608. The van der Waals surface area contributed by atoms with Gasteiger partial charge < -0.3 is 10.5 Å². The Balaban J connectivity index is 2.27. The van der Waals surface area contributed by atoms with E-state index >= 15 is 0 Å². The lowest BCUT2D eigenvalue weighted by molar-refractivity contribution is 0.472. The predicted molar refractivity (Wildman–Crippen MR) is 79.7 cm³/mol. The Kier molecular flexibility index (Phi) is 4.40. The number of aryl methyl sites for hydroxylation is 2. The normalized spacial score (nSPS) is 12.2. The van der Waals surface area contributed by atoms with Gasteiger partial charge in [-0.05, 0) is 68.1 Å². The third kappa shape index (κ3) is 3.58. The fourth-order valence-corrected chi connectivity index (χ4v) is 2.10. The van der Waals surface area contributed by atoms with Crippen molar-refractivity contribution in [3.63, 3.8) is 0 Å². The van der Waals surface area contributed by atoms with E-state index in [-0.39, 0.29) is 11.9 Å². The third-order valence-corrected chi connectivity index (χ3v) is 3.17. The lowest BCUT2D eigenvalue weighted by atomic mass is 10.1. The molecule has 0 aromatic heterocycles. The standard InChI is InChI=1S/C17H20FNO/c1-11-4-5-14(9-13(3)19)10-17(11)20-16-7-6-15(18)8-12(16)2/h4-8,10,13H,9,19H2,1-3H3. The first kappa shape index (κ1) is 14.5. The molecular weight excluding hydrogens is 253 g/mol. The molecule has 3 heteroatoms. The van der Waals surface area contributed by atoms with Crippen LogP contribution in [-0.2, 0) is 6.42 Å². The van der Waals surface area contributed by atoms with Crippen molar-refractivity contribution in [1.29, 1.82) is 0 Å². The molecule has 0 aliphatic rings. The van der Waals surface area contributed by atoms with E-state index < -0.39 is 0 Å². The molecule has 0 aliphatic carbocycles. The van der Waals surface area contributed by atoms with Gasteiger partial charge in [-0.25, -0.2) is 4.39 Å². The summed E-state index contributed by atoms with van der Waals surface area (Å²) in [5.74, 6) is 1.21. The number of ether oxygens (including phenoxy) is 1. The highest BCUT2D eigenvalue weighted by Crippen LogP contribution is 2.29. The highest BCUT2D eigenvalue weighted by molar-refractivity contribution is 5.42. The van der Waals surface area contributed by atoms with Gasteiger partial charge in [-0.2, -0.15) is 0 Å². The average molecular weight is 273 g/mol. The van der Waals surface area contributed by atoms with Gasteiger partial charge in [0.25, 0.3) is 0 Å². The van der Waals surface area contributed by atoms with Crippen molar-refractivity contribution in [3.8, 4) is 11.5 Å². The highest BCUT2D eigenvalue weighted by Gasteiger charge is 2.07. The summed E-state index contributed by atoms with van der Waals surface area (Å²) < 4.78 is 19.0. The number of hydrogen-bond acceptors (Lipinski definition) is 2. The summed E-state index contributed by atoms with van der Waals surface area (Å²) in [5, 5.41) is 0. The molecule has 2 aromatic carbocycles. The smallest absolute Gasteiger partial charge is 0.130 e. The molecular formula is C17H20FNO. The van der Waals surface area contributed by atoms with Crippen LogP contribution < -0.4 is 10.5 Å². The van der Waals surface area contributed by atoms with E-state index in [1.807, 2.05) is 32.9 Å². The van der Waals surface area contributed by atoms with Crippen molar-refractivity contribution in [2.45, 2.75) is 33.2 Å². The van der Waals surface area contributed by atoms with Gasteiger partial charge in [-0.3, -0.25) is 0 Å². The zero-order valence-corrected chi connectivity index (χ0v) is 12.1. The van der Waals surface area contributed by atoms with Gasteiger partial charge in [0.05, 0.1) is 0 Å². The van der Waals surface area contributed by atoms with E-state index in [4.69, 9.17) is 10.5 Å². The van der Waals surface area contributed by atoms with E-state index in [0.29, 0.717) is 5.75 Å². The Morgan fingerprint density at radius 2 is 1.80 bits per heavy atom. The molecule has 106 valence electrons. The van der Waals surface area contributed by atoms with Crippen LogP contribution in [0.15, 0.2) is 36.4 Å². The van der Waals surface area contributed by atoms with Gasteiger partial charge in [-0.1, -0.05) is 12.1 Å². The molecule has 1 unspecified atom stereocenters. The monoisotopic (exact) mass is 273 g/mol. The van der Waals surface area contributed by atoms with Crippen LogP contribution in [-0.4, -0.2) is 6.04 Å². The Morgan fingerprint density at radius 3 is 2.45 bits per heavy atom. The third-order valence-electron chi connectivity index (χ3n) is 3.17. The summed E-state index contributed by atoms with van der Waals surface area (Å²) in [4.78, 5) is 0. The molecule has 0 spiro atoms. The number of rotatable bonds is 4. The average Bonchev–Trinajstić information content (AvgIpc) is 2.36. The maximum atomic E-state index is 13.1. The minimum absolute atomic E-state index is 0.109. The fourth-order valence-electron chi connectivity index (χ4n) is 2.10. The lowest BCUT2D eigenvalue weighted by Crippen LogP contribution is -2.17. The van der Waals surface area contributed by atoms with Crippen LogP contribution in [0.1, 0.15) is 23.6 Å². The van der Waals surface area contributed by atoms with Crippen molar-refractivity contribution in [2.75, 3.05) is 0 Å². The molecule has 2 aromatic rings. The van der Waals surface area contributed by atoms with E-state index in [0.717, 1.165) is 28.9 Å². The van der Waals surface area contributed by atoms with E-state index in [1.54, 1.807) is 6.07 Å². The van der Waals surface area contributed by atoms with E-state index in [9.17, 15) is 4.39 Å². The maximum absolute atomic E-state index is 13.1. The van der Waals surface area contributed by atoms with Gasteiger partial charge in [0.1, 0.15) is 17.3 Å². The minimum Gasteiger partial charge on any atom is -0.457 e. The first-order valence-corrected chi connectivity index (χ1v) is 6.75. The molecule has 0 saturated heterocycles. The number of halogens is 1. The largest absolute Gasteiger partial charge is 0.457 e.